The maximum absolute atomic E-state index is 13.1. The molecule has 148 valence electrons. The number of nitrogens with zero attached hydrogens (tertiary/aromatic N) is 4. The van der Waals surface area contributed by atoms with Gasteiger partial charge in [0.2, 0.25) is 11.2 Å². The molecule has 2 aromatic heterocycles. The highest BCUT2D eigenvalue weighted by molar-refractivity contribution is 5.70. The van der Waals surface area contributed by atoms with Crippen molar-refractivity contribution in [3.8, 4) is 0 Å². The van der Waals surface area contributed by atoms with Crippen molar-refractivity contribution in [3.05, 3.63) is 50.7 Å². The quantitative estimate of drug-likeness (QED) is 0.703. The van der Waals surface area contributed by atoms with Crippen LogP contribution in [0.2, 0.25) is 0 Å². The summed E-state index contributed by atoms with van der Waals surface area (Å²) >= 11 is 0. The predicted octanol–water partition coefficient (Wildman–Crippen LogP) is 2.08. The lowest BCUT2D eigenvalue weighted by molar-refractivity contribution is -0.669. The van der Waals surface area contributed by atoms with E-state index in [9.17, 15) is 9.59 Å². The maximum Gasteiger partial charge on any atom is 0.364 e. The van der Waals surface area contributed by atoms with Crippen LogP contribution in [0.3, 0.4) is 0 Å². The molecule has 3 aromatic rings. The van der Waals surface area contributed by atoms with E-state index in [1.807, 2.05) is 11.5 Å². The van der Waals surface area contributed by atoms with E-state index in [0.29, 0.717) is 23.6 Å². The third kappa shape index (κ3) is 2.77. The van der Waals surface area contributed by atoms with Gasteiger partial charge in [0.25, 0.3) is 5.56 Å². The number of nitrogens with one attached hydrogen (secondary N) is 1. The van der Waals surface area contributed by atoms with Crippen molar-refractivity contribution in [3.63, 3.8) is 0 Å². The highest BCUT2D eigenvalue weighted by Crippen LogP contribution is 2.28. The van der Waals surface area contributed by atoms with Crippen LogP contribution in [0.4, 0.5) is 11.6 Å². The zero-order valence-corrected chi connectivity index (χ0v) is 17.0. The predicted molar refractivity (Wildman–Crippen MR) is 110 cm³/mol. The maximum atomic E-state index is 13.1. The molecule has 1 aliphatic rings. The van der Waals surface area contributed by atoms with Crippen LogP contribution in [0, 0.1) is 5.92 Å². The Bertz CT molecular complexity index is 1140. The molecule has 0 unspecified atom stereocenters. The van der Waals surface area contributed by atoms with E-state index in [-0.39, 0.29) is 11.2 Å². The number of H-pyrrole nitrogens is 1. The SMILES string of the molecule is CCCn1c(=O)c2c([nH]c3[n+]2C[C@H](C)CN3c2ccc(CC)cc2)n(C)c1=O. The summed E-state index contributed by atoms with van der Waals surface area (Å²) in [5.41, 5.74) is 3.06. The summed E-state index contributed by atoms with van der Waals surface area (Å²) in [5.74, 6) is 1.23. The summed E-state index contributed by atoms with van der Waals surface area (Å²) in [6, 6.07) is 8.54. The van der Waals surface area contributed by atoms with Gasteiger partial charge in [0.05, 0.1) is 13.1 Å². The van der Waals surface area contributed by atoms with Gasteiger partial charge in [-0.25, -0.2) is 19.2 Å². The summed E-state index contributed by atoms with van der Waals surface area (Å²) < 4.78 is 4.95. The Kier molecular flexibility index (Phi) is 4.61. The second kappa shape index (κ2) is 6.96. The smallest absolute Gasteiger partial charge is 0.267 e. The van der Waals surface area contributed by atoms with Crippen molar-refractivity contribution < 1.29 is 4.57 Å². The third-order valence-electron chi connectivity index (χ3n) is 5.63. The van der Waals surface area contributed by atoms with Gasteiger partial charge in [-0.3, -0.25) is 13.9 Å². The number of aryl methyl sites for hydroxylation is 2. The molecule has 0 saturated carbocycles. The molecule has 3 heterocycles. The fourth-order valence-electron chi connectivity index (χ4n) is 4.14. The van der Waals surface area contributed by atoms with Crippen LogP contribution < -0.4 is 20.7 Å². The summed E-state index contributed by atoms with van der Waals surface area (Å²) in [4.78, 5) is 31.4. The van der Waals surface area contributed by atoms with Crippen LogP contribution >= 0.6 is 0 Å². The van der Waals surface area contributed by atoms with Crippen molar-refractivity contribution in [1.82, 2.24) is 14.1 Å². The number of aromatic nitrogens is 4. The van der Waals surface area contributed by atoms with Crippen molar-refractivity contribution in [2.75, 3.05) is 11.4 Å². The minimum Gasteiger partial charge on any atom is -0.267 e. The number of hydrogen-bond donors (Lipinski definition) is 1. The van der Waals surface area contributed by atoms with Crippen molar-refractivity contribution >= 4 is 22.8 Å². The first-order valence-electron chi connectivity index (χ1n) is 10.1. The summed E-state index contributed by atoms with van der Waals surface area (Å²) in [7, 11) is 1.72. The second-order valence-electron chi connectivity index (χ2n) is 7.79. The van der Waals surface area contributed by atoms with Crippen LogP contribution in [0.5, 0.6) is 0 Å². The fourth-order valence-corrected chi connectivity index (χ4v) is 4.14. The Hall–Kier alpha value is -2.83. The topological polar surface area (TPSA) is 66.9 Å². The number of hydrogen-bond acceptors (Lipinski definition) is 3. The molecule has 0 saturated heterocycles. The fraction of sp³-hybridized carbons (Fsp3) is 0.476. The number of imidazole rings is 1. The normalized spacial score (nSPS) is 16.6. The average molecular weight is 382 g/mol. The molecule has 0 spiro atoms. The molecule has 0 radical (unpaired) electrons. The van der Waals surface area contributed by atoms with Gasteiger partial charge in [0, 0.05) is 19.5 Å². The molecule has 1 aliphatic heterocycles. The average Bonchev–Trinajstić information content (AvgIpc) is 3.08. The molecule has 1 atom stereocenters. The van der Waals surface area contributed by atoms with Crippen molar-refractivity contribution in [2.45, 2.75) is 46.7 Å². The Morgan fingerprint density at radius 2 is 1.89 bits per heavy atom. The first kappa shape index (κ1) is 18.5. The molecule has 0 bridgehead atoms. The standard InChI is InChI=1S/C21H27N5O2/c1-5-11-24-19(27)17-18(23(4)21(24)28)22-20-25(12-14(3)13-26(17)20)16-9-7-15(6-2)8-10-16/h7-10,14H,5-6,11-13H2,1-4H3/p+1/t14-/m1/s1. The van der Waals surface area contributed by atoms with E-state index in [1.165, 1.54) is 10.1 Å². The van der Waals surface area contributed by atoms with E-state index in [0.717, 1.165) is 37.6 Å². The van der Waals surface area contributed by atoms with E-state index < -0.39 is 0 Å². The number of rotatable bonds is 4. The molecule has 4 rings (SSSR count). The minimum absolute atomic E-state index is 0.210. The Balaban J connectivity index is 1.96. The highest BCUT2D eigenvalue weighted by atomic mass is 16.2. The van der Waals surface area contributed by atoms with Gasteiger partial charge in [0.15, 0.2) is 0 Å². The molecule has 0 aliphatic carbocycles. The lowest BCUT2D eigenvalue weighted by Crippen LogP contribution is -2.52. The molecule has 28 heavy (non-hydrogen) atoms. The molecular formula is C21H28N5O2+. The van der Waals surface area contributed by atoms with Crippen molar-refractivity contribution in [2.24, 2.45) is 13.0 Å². The largest absolute Gasteiger partial charge is 0.364 e. The number of fused-ring (bicyclic) bond motifs is 3. The van der Waals surface area contributed by atoms with E-state index in [2.05, 4.69) is 48.0 Å². The first-order chi connectivity index (χ1) is 13.5. The number of benzene rings is 1. The van der Waals surface area contributed by atoms with Gasteiger partial charge in [0.1, 0.15) is 5.69 Å². The monoisotopic (exact) mass is 382 g/mol. The van der Waals surface area contributed by atoms with Gasteiger partial charge in [-0.1, -0.05) is 32.9 Å². The summed E-state index contributed by atoms with van der Waals surface area (Å²) in [5, 5.41) is 0. The van der Waals surface area contributed by atoms with Crippen LogP contribution in [0.25, 0.3) is 11.2 Å². The van der Waals surface area contributed by atoms with Gasteiger partial charge in [-0.2, -0.15) is 0 Å². The number of aromatic amines is 1. The van der Waals surface area contributed by atoms with Crippen LogP contribution in [0.15, 0.2) is 33.9 Å². The molecule has 1 N–H and O–H groups in total. The zero-order chi connectivity index (χ0) is 20.0. The molecule has 7 nitrogen and oxygen atoms in total. The Morgan fingerprint density at radius 3 is 2.54 bits per heavy atom. The van der Waals surface area contributed by atoms with Crippen molar-refractivity contribution in [1.29, 1.82) is 0 Å². The molecule has 0 fully saturated rings. The van der Waals surface area contributed by atoms with Gasteiger partial charge in [-0.05, 0) is 30.5 Å². The lowest BCUT2D eigenvalue weighted by Gasteiger charge is -2.26. The molecule has 1 aromatic carbocycles. The van der Waals surface area contributed by atoms with Gasteiger partial charge >= 0.3 is 11.6 Å². The van der Waals surface area contributed by atoms with Gasteiger partial charge in [-0.15, -0.1) is 0 Å². The van der Waals surface area contributed by atoms with E-state index in [1.54, 1.807) is 11.6 Å². The van der Waals surface area contributed by atoms with Crippen LogP contribution in [0.1, 0.15) is 32.8 Å². The third-order valence-corrected chi connectivity index (χ3v) is 5.63. The first-order valence-corrected chi connectivity index (χ1v) is 10.1. The van der Waals surface area contributed by atoms with E-state index in [4.69, 9.17) is 0 Å². The Morgan fingerprint density at radius 1 is 1.18 bits per heavy atom. The lowest BCUT2D eigenvalue weighted by atomic mass is 10.1. The zero-order valence-electron chi connectivity index (χ0n) is 17.0. The van der Waals surface area contributed by atoms with Crippen LogP contribution in [-0.2, 0) is 26.6 Å². The summed E-state index contributed by atoms with van der Waals surface area (Å²) in [6.07, 6.45) is 1.74. The van der Waals surface area contributed by atoms with Gasteiger partial charge < -0.3 is 0 Å². The second-order valence-corrected chi connectivity index (χ2v) is 7.79. The number of anilines is 2. The molecule has 0 amide bonds. The minimum atomic E-state index is -0.273. The van der Waals surface area contributed by atoms with Crippen LogP contribution in [-0.4, -0.2) is 20.7 Å². The Labute approximate surface area is 163 Å². The van der Waals surface area contributed by atoms with E-state index >= 15 is 0 Å². The molecule has 7 heteroatoms. The highest BCUT2D eigenvalue weighted by Gasteiger charge is 2.35. The summed E-state index contributed by atoms with van der Waals surface area (Å²) in [6.45, 7) is 8.34. The molecular weight excluding hydrogens is 354 g/mol.